The van der Waals surface area contributed by atoms with Gasteiger partial charge in [-0.3, -0.25) is 0 Å². The van der Waals surface area contributed by atoms with Gasteiger partial charge in [-0.25, -0.2) is 4.85 Å². The second-order valence-corrected chi connectivity index (χ2v) is 21.1. The van der Waals surface area contributed by atoms with Crippen molar-refractivity contribution in [3.8, 4) is 22.5 Å². The summed E-state index contributed by atoms with van der Waals surface area (Å²) in [6, 6.07) is 24.6. The predicted molar refractivity (Wildman–Crippen MR) is 208 cm³/mol. The van der Waals surface area contributed by atoms with Crippen LogP contribution in [0.1, 0.15) is 84.5 Å². The van der Waals surface area contributed by atoms with Crippen LogP contribution in [0.25, 0.3) is 49.3 Å². The van der Waals surface area contributed by atoms with Gasteiger partial charge in [-0.2, -0.15) is 0 Å². The fourth-order valence-electron chi connectivity index (χ4n) is 6.71. The quantitative estimate of drug-likeness (QED) is 0.129. The van der Waals surface area contributed by atoms with Crippen molar-refractivity contribution in [2.75, 3.05) is 0 Å². The fourth-order valence-corrected chi connectivity index (χ4v) is 8.30. The van der Waals surface area contributed by atoms with Crippen molar-refractivity contribution in [2.24, 2.45) is 0 Å². The van der Waals surface area contributed by atoms with Gasteiger partial charge in [0, 0.05) is 40.7 Å². The van der Waals surface area contributed by atoms with Crippen molar-refractivity contribution in [3.63, 3.8) is 0 Å². The third-order valence-electron chi connectivity index (χ3n) is 10.3. The molecule has 0 fully saturated rings. The summed E-state index contributed by atoms with van der Waals surface area (Å²) in [4.78, 5) is 12.7. The van der Waals surface area contributed by atoms with E-state index in [2.05, 4.69) is 99.4 Å². The molecule has 0 spiro atoms. The van der Waals surface area contributed by atoms with Gasteiger partial charge in [0.05, 0.1) is 20.2 Å². The van der Waals surface area contributed by atoms with Gasteiger partial charge in [0.25, 0.3) is 0 Å². The first-order valence-electron chi connectivity index (χ1n) is 19.6. The monoisotopic (exact) mass is 860 g/mol. The van der Waals surface area contributed by atoms with Crippen LogP contribution in [0.5, 0.6) is 0 Å². The molecule has 1 aliphatic rings. The van der Waals surface area contributed by atoms with E-state index in [9.17, 15) is 0 Å². The van der Waals surface area contributed by atoms with E-state index in [0.717, 1.165) is 32.8 Å². The molecule has 0 N–H and O–H groups in total. The van der Waals surface area contributed by atoms with E-state index in [0.29, 0.717) is 33.7 Å². The van der Waals surface area contributed by atoms with Crippen LogP contribution in [-0.2, 0) is 36.4 Å². The Balaban J connectivity index is 0.000000295. The number of rotatable bonds is 2. The van der Waals surface area contributed by atoms with Crippen LogP contribution < -0.4 is 5.19 Å². The van der Waals surface area contributed by atoms with Crippen molar-refractivity contribution in [1.29, 1.82) is 0 Å². The number of fused-ring (bicyclic) bond motifs is 6. The standard InChI is InChI=1S/C29H31N2OSi.C15H16N.Ir/c1-16-15-31-27-19-14-22-20(13-21(19)28(3,4)29(5,6)26(27)17(16)2)25-23(32-22)11-18(30-7)12-24(25)33(8,9)10;1-15(2,3)13-9-10-14(16-11-13)12-7-5-4-6-8-12;/h11-13,15H,1-6,8-10H3;4-7,9-11H,1-3H3;/q2*-1;/i1D3,2D3;;. The van der Waals surface area contributed by atoms with Gasteiger partial charge in [-0.05, 0) is 63.9 Å². The molecule has 0 saturated carbocycles. The van der Waals surface area contributed by atoms with Crippen molar-refractivity contribution in [1.82, 2.24) is 9.97 Å². The van der Waals surface area contributed by atoms with E-state index in [4.69, 9.17) is 19.2 Å². The average Bonchev–Trinajstić information content (AvgIpc) is 3.46. The minimum Gasteiger partial charge on any atom is -0.478 e. The topological polar surface area (TPSA) is 43.3 Å². The predicted octanol–water partition coefficient (Wildman–Crippen LogP) is 11.6. The summed E-state index contributed by atoms with van der Waals surface area (Å²) in [6.45, 7) is 23.6. The molecule has 3 heterocycles. The van der Waals surface area contributed by atoms with Crippen LogP contribution >= 0.6 is 0 Å². The molecule has 50 heavy (non-hydrogen) atoms. The van der Waals surface area contributed by atoms with E-state index in [1.165, 1.54) is 11.8 Å². The Bertz CT molecular complexity index is 2480. The molecule has 0 bridgehead atoms. The first-order chi connectivity index (χ1) is 25.3. The molecule has 0 saturated heterocycles. The maximum absolute atomic E-state index is 8.35. The SMILES string of the molecule is CC(C)(C)c1ccc(-c2[c-]cccc2)nc1.[2H]C([2H])([2H])c1cnc2c(c1C([2H])([2H])[2H])C(C)(C)C(C)(C)c1cc3c([c-]c1-2)oc1cc([N+]#[C-])cc([Si](C)(C)C)c13.[Ir]. The zero-order chi connectivity index (χ0) is 40.7. The van der Waals surface area contributed by atoms with Crippen molar-refractivity contribution in [3.05, 3.63) is 118 Å². The van der Waals surface area contributed by atoms with E-state index in [-0.39, 0.29) is 36.6 Å². The van der Waals surface area contributed by atoms with Gasteiger partial charge >= 0.3 is 0 Å². The third-order valence-corrected chi connectivity index (χ3v) is 12.3. The molecule has 6 aromatic rings. The zero-order valence-electron chi connectivity index (χ0n) is 36.4. The fraction of sp³-hybridized carbons (Fsp3) is 0.341. The first kappa shape index (κ1) is 29.8. The molecule has 1 aliphatic carbocycles. The third kappa shape index (κ3) is 6.30. The van der Waals surface area contributed by atoms with Crippen molar-refractivity contribution in [2.45, 2.75) is 98.1 Å². The molecule has 0 unspecified atom stereocenters. The maximum Gasteiger partial charge on any atom is 0.190 e. The van der Waals surface area contributed by atoms with Crippen LogP contribution in [0.15, 0.2) is 71.4 Å². The maximum atomic E-state index is 8.35. The summed E-state index contributed by atoms with van der Waals surface area (Å²) in [5.41, 5.74) is 5.68. The van der Waals surface area contributed by atoms with Crippen LogP contribution in [0.2, 0.25) is 19.6 Å². The molecule has 1 radical (unpaired) electrons. The Hall–Kier alpha value is -3.88. The molecule has 7 rings (SSSR count). The summed E-state index contributed by atoms with van der Waals surface area (Å²) in [7, 11) is -1.88. The van der Waals surface area contributed by atoms with Gasteiger partial charge in [-0.15, -0.1) is 53.1 Å². The Morgan fingerprint density at radius 1 is 0.940 bits per heavy atom. The molecule has 6 heteroatoms. The molecule has 0 atom stereocenters. The summed E-state index contributed by atoms with van der Waals surface area (Å²) in [5.74, 6) is 0. The van der Waals surface area contributed by atoms with Gasteiger partial charge in [0.1, 0.15) is 5.58 Å². The number of hydrogen-bond donors (Lipinski definition) is 0. The molecule has 0 aliphatic heterocycles. The average molecular weight is 860 g/mol. The van der Waals surface area contributed by atoms with Crippen LogP contribution in [0.3, 0.4) is 0 Å². The van der Waals surface area contributed by atoms with E-state index in [1.54, 1.807) is 6.07 Å². The zero-order valence-corrected chi connectivity index (χ0v) is 33.8. The largest absolute Gasteiger partial charge is 0.478 e. The second kappa shape index (κ2) is 13.0. The number of aromatic nitrogens is 2. The van der Waals surface area contributed by atoms with Gasteiger partial charge < -0.3 is 14.4 Å². The molecule has 3 aromatic heterocycles. The Kier molecular flexibility index (Phi) is 7.76. The summed E-state index contributed by atoms with van der Waals surface area (Å²) in [6.07, 6.45) is 3.14. The summed E-state index contributed by atoms with van der Waals surface area (Å²) < 4.78 is 55.5. The second-order valence-electron chi connectivity index (χ2n) is 16.1. The minimum atomic E-state index is -2.66. The summed E-state index contributed by atoms with van der Waals surface area (Å²) >= 11 is 0. The number of nitrogens with zero attached hydrogens (tertiary/aromatic N) is 3. The molecular formula is C44H47IrN3OSi-2. The number of aryl methyl sites for hydroxylation is 1. The first-order valence-corrected chi connectivity index (χ1v) is 20.1. The minimum absolute atomic E-state index is 0. The Morgan fingerprint density at radius 2 is 1.70 bits per heavy atom. The van der Waals surface area contributed by atoms with Gasteiger partial charge in [-0.1, -0.05) is 114 Å². The number of furan rings is 1. The summed E-state index contributed by atoms with van der Waals surface area (Å²) in [5, 5.41) is 3.03. The Labute approximate surface area is 321 Å². The van der Waals surface area contributed by atoms with E-state index < -0.39 is 32.6 Å². The van der Waals surface area contributed by atoms with Crippen LogP contribution in [0, 0.1) is 32.4 Å². The molecule has 0 amide bonds. The smallest absolute Gasteiger partial charge is 0.190 e. The number of pyridine rings is 2. The van der Waals surface area contributed by atoms with Gasteiger partial charge in [0.15, 0.2) is 5.69 Å². The van der Waals surface area contributed by atoms with Crippen molar-refractivity contribution < 1.29 is 32.7 Å². The molecule has 4 nitrogen and oxygen atoms in total. The van der Waals surface area contributed by atoms with E-state index in [1.807, 2.05) is 50.4 Å². The number of hydrogen-bond acceptors (Lipinski definition) is 3. The number of benzene rings is 3. The van der Waals surface area contributed by atoms with E-state index >= 15 is 0 Å². The normalized spacial score (nSPS) is 16.8. The van der Waals surface area contributed by atoms with Crippen LogP contribution in [-0.4, -0.2) is 18.0 Å². The Morgan fingerprint density at radius 3 is 2.28 bits per heavy atom. The van der Waals surface area contributed by atoms with Gasteiger partial charge in [0.2, 0.25) is 0 Å². The molecule has 3 aromatic carbocycles. The van der Waals surface area contributed by atoms with Crippen LogP contribution in [0.4, 0.5) is 5.69 Å². The molecular weight excluding hydrogens is 807 g/mol. The van der Waals surface area contributed by atoms with Crippen molar-refractivity contribution >= 4 is 40.9 Å². The molecule has 259 valence electrons.